The molecule has 1 spiro atoms. The summed E-state index contributed by atoms with van der Waals surface area (Å²) < 4.78 is 0. The highest BCUT2D eigenvalue weighted by atomic mass is 16.2. The van der Waals surface area contributed by atoms with Gasteiger partial charge in [-0.15, -0.1) is 0 Å². The van der Waals surface area contributed by atoms with Crippen LogP contribution in [-0.2, 0) is 4.79 Å². The van der Waals surface area contributed by atoms with Crippen molar-refractivity contribution in [1.29, 1.82) is 0 Å². The van der Waals surface area contributed by atoms with Crippen molar-refractivity contribution in [3.05, 3.63) is 0 Å². The summed E-state index contributed by atoms with van der Waals surface area (Å²) in [5.74, 6) is 0.273. The summed E-state index contributed by atoms with van der Waals surface area (Å²) in [4.78, 5) is 13.4. The molecule has 2 aliphatic rings. The molecule has 0 radical (unpaired) electrons. The second-order valence-corrected chi connectivity index (χ2v) is 5.10. The van der Waals surface area contributed by atoms with E-state index in [1.165, 1.54) is 44.9 Å². The van der Waals surface area contributed by atoms with Crippen LogP contribution in [0.25, 0.3) is 0 Å². The van der Waals surface area contributed by atoms with Crippen molar-refractivity contribution in [3.63, 3.8) is 0 Å². The molecule has 1 aliphatic carbocycles. The SMILES string of the molecule is CC(=O)N1CCCC2(CCCCC2)C1. The Hall–Kier alpha value is -0.530. The van der Waals surface area contributed by atoms with Gasteiger partial charge in [0.15, 0.2) is 0 Å². The highest BCUT2D eigenvalue weighted by molar-refractivity contribution is 5.73. The van der Waals surface area contributed by atoms with Crippen molar-refractivity contribution in [1.82, 2.24) is 4.90 Å². The van der Waals surface area contributed by atoms with E-state index in [-0.39, 0.29) is 5.91 Å². The third-order valence-electron chi connectivity index (χ3n) is 4.02. The largest absolute Gasteiger partial charge is 0.342 e. The molecule has 0 N–H and O–H groups in total. The van der Waals surface area contributed by atoms with Gasteiger partial charge in [-0.2, -0.15) is 0 Å². The normalized spacial score (nSPS) is 26.5. The molecule has 2 heteroatoms. The quantitative estimate of drug-likeness (QED) is 0.582. The molecule has 2 nitrogen and oxygen atoms in total. The van der Waals surface area contributed by atoms with E-state index in [0.29, 0.717) is 5.41 Å². The van der Waals surface area contributed by atoms with E-state index in [1.807, 2.05) is 0 Å². The molecule has 0 atom stereocenters. The van der Waals surface area contributed by atoms with Crippen LogP contribution in [-0.4, -0.2) is 23.9 Å². The summed E-state index contributed by atoms with van der Waals surface area (Å²) in [6.07, 6.45) is 9.46. The van der Waals surface area contributed by atoms with Gasteiger partial charge < -0.3 is 4.90 Å². The van der Waals surface area contributed by atoms with E-state index in [1.54, 1.807) is 6.92 Å². The van der Waals surface area contributed by atoms with Crippen LogP contribution < -0.4 is 0 Å². The molecule has 1 aliphatic heterocycles. The molecule has 2 rings (SSSR count). The highest BCUT2D eigenvalue weighted by Crippen LogP contribution is 2.43. The summed E-state index contributed by atoms with van der Waals surface area (Å²) in [5.41, 5.74) is 0.516. The summed E-state index contributed by atoms with van der Waals surface area (Å²) in [5, 5.41) is 0. The maximum Gasteiger partial charge on any atom is 0.219 e. The third-order valence-corrected chi connectivity index (χ3v) is 4.02. The van der Waals surface area contributed by atoms with Gasteiger partial charge in [-0.3, -0.25) is 4.79 Å². The van der Waals surface area contributed by atoms with Gasteiger partial charge in [0.25, 0.3) is 0 Å². The zero-order valence-corrected chi connectivity index (χ0v) is 9.22. The van der Waals surface area contributed by atoms with Crippen molar-refractivity contribution in [2.75, 3.05) is 13.1 Å². The van der Waals surface area contributed by atoms with Gasteiger partial charge in [0, 0.05) is 20.0 Å². The van der Waals surface area contributed by atoms with Crippen molar-refractivity contribution in [2.45, 2.75) is 51.9 Å². The van der Waals surface area contributed by atoms with E-state index in [0.717, 1.165) is 13.1 Å². The van der Waals surface area contributed by atoms with E-state index in [9.17, 15) is 4.79 Å². The lowest BCUT2D eigenvalue weighted by Crippen LogP contribution is -2.46. The molecule has 1 saturated carbocycles. The average Bonchev–Trinajstić information content (AvgIpc) is 2.19. The number of piperidine rings is 1. The Kier molecular flexibility index (Phi) is 2.80. The predicted molar refractivity (Wildman–Crippen MR) is 57.0 cm³/mol. The number of likely N-dealkylation sites (tertiary alicyclic amines) is 1. The van der Waals surface area contributed by atoms with Crippen molar-refractivity contribution >= 4 is 5.91 Å². The predicted octanol–water partition coefficient (Wildman–Crippen LogP) is 2.58. The molecule has 0 aromatic heterocycles. The van der Waals surface area contributed by atoms with E-state index < -0.39 is 0 Å². The minimum Gasteiger partial charge on any atom is -0.342 e. The molecule has 1 heterocycles. The Bertz CT molecular complexity index is 213. The fraction of sp³-hybridized carbons (Fsp3) is 0.917. The Morgan fingerprint density at radius 1 is 1.07 bits per heavy atom. The zero-order chi connectivity index (χ0) is 10.0. The molecule has 1 amide bonds. The number of carbonyl (C=O) groups is 1. The van der Waals surface area contributed by atoms with Gasteiger partial charge in [-0.05, 0) is 31.1 Å². The van der Waals surface area contributed by atoms with Crippen LogP contribution in [0.1, 0.15) is 51.9 Å². The maximum atomic E-state index is 11.4. The lowest BCUT2D eigenvalue weighted by molar-refractivity contribution is -0.133. The molecule has 2 fully saturated rings. The summed E-state index contributed by atoms with van der Waals surface area (Å²) >= 11 is 0. The second kappa shape index (κ2) is 3.92. The van der Waals surface area contributed by atoms with E-state index in [4.69, 9.17) is 0 Å². The van der Waals surface area contributed by atoms with Crippen molar-refractivity contribution in [3.8, 4) is 0 Å². The minimum absolute atomic E-state index is 0.273. The Morgan fingerprint density at radius 3 is 2.36 bits per heavy atom. The number of hydrogen-bond donors (Lipinski definition) is 0. The molecule has 0 aromatic rings. The topological polar surface area (TPSA) is 20.3 Å². The van der Waals surface area contributed by atoms with Crippen LogP contribution in [0.4, 0.5) is 0 Å². The molecular formula is C12H21NO. The van der Waals surface area contributed by atoms with Gasteiger partial charge in [-0.25, -0.2) is 0 Å². The molecule has 0 bridgehead atoms. The molecule has 1 saturated heterocycles. The lowest BCUT2D eigenvalue weighted by Gasteiger charge is -2.45. The highest BCUT2D eigenvalue weighted by Gasteiger charge is 2.36. The Morgan fingerprint density at radius 2 is 1.71 bits per heavy atom. The third kappa shape index (κ3) is 1.94. The van der Waals surface area contributed by atoms with Crippen molar-refractivity contribution in [2.24, 2.45) is 5.41 Å². The summed E-state index contributed by atoms with van der Waals surface area (Å²) in [6.45, 7) is 3.75. The fourth-order valence-electron chi connectivity index (χ4n) is 3.19. The maximum absolute atomic E-state index is 11.4. The van der Waals surface area contributed by atoms with E-state index in [2.05, 4.69) is 4.90 Å². The first-order chi connectivity index (χ1) is 6.72. The molecule has 80 valence electrons. The standard InChI is InChI=1S/C12H21NO/c1-11(14)13-9-5-8-12(10-13)6-3-2-4-7-12/h2-10H2,1H3. The number of nitrogens with zero attached hydrogens (tertiary/aromatic N) is 1. The number of rotatable bonds is 0. The Balaban J connectivity index is 2.01. The van der Waals surface area contributed by atoms with Crippen LogP contribution in [0.15, 0.2) is 0 Å². The van der Waals surface area contributed by atoms with Gasteiger partial charge in [0.2, 0.25) is 5.91 Å². The van der Waals surface area contributed by atoms with Crippen LogP contribution in [0, 0.1) is 5.41 Å². The van der Waals surface area contributed by atoms with Gasteiger partial charge in [-0.1, -0.05) is 19.3 Å². The number of hydrogen-bond acceptors (Lipinski definition) is 1. The smallest absolute Gasteiger partial charge is 0.219 e. The zero-order valence-electron chi connectivity index (χ0n) is 9.22. The van der Waals surface area contributed by atoms with Crippen LogP contribution in [0.3, 0.4) is 0 Å². The molecule has 0 unspecified atom stereocenters. The molecule has 14 heavy (non-hydrogen) atoms. The first-order valence-electron chi connectivity index (χ1n) is 5.97. The van der Waals surface area contributed by atoms with Crippen LogP contribution in [0.2, 0.25) is 0 Å². The second-order valence-electron chi connectivity index (χ2n) is 5.10. The average molecular weight is 195 g/mol. The van der Waals surface area contributed by atoms with Gasteiger partial charge >= 0.3 is 0 Å². The van der Waals surface area contributed by atoms with Gasteiger partial charge in [0.05, 0.1) is 0 Å². The molecule has 0 aromatic carbocycles. The minimum atomic E-state index is 0.273. The first-order valence-corrected chi connectivity index (χ1v) is 5.97. The Labute approximate surface area is 86.7 Å². The summed E-state index contributed by atoms with van der Waals surface area (Å²) in [6, 6.07) is 0. The first kappa shape index (κ1) is 10.0. The van der Waals surface area contributed by atoms with Gasteiger partial charge in [0.1, 0.15) is 0 Å². The number of amides is 1. The monoisotopic (exact) mass is 195 g/mol. The van der Waals surface area contributed by atoms with Crippen LogP contribution >= 0.6 is 0 Å². The fourth-order valence-corrected chi connectivity index (χ4v) is 3.19. The lowest BCUT2D eigenvalue weighted by atomic mass is 9.69. The van der Waals surface area contributed by atoms with Crippen molar-refractivity contribution < 1.29 is 4.79 Å². The number of carbonyl (C=O) groups excluding carboxylic acids is 1. The summed E-state index contributed by atoms with van der Waals surface area (Å²) in [7, 11) is 0. The van der Waals surface area contributed by atoms with E-state index >= 15 is 0 Å². The molecular weight excluding hydrogens is 174 g/mol. The van der Waals surface area contributed by atoms with Crippen LogP contribution in [0.5, 0.6) is 0 Å².